The number of rotatable bonds is 10. The third kappa shape index (κ3) is 7.78. The van der Waals surface area contributed by atoms with Crippen molar-refractivity contribution in [3.05, 3.63) is 94.2 Å². The average Bonchev–Trinajstić information content (AvgIpc) is 2.96. The summed E-state index contributed by atoms with van der Waals surface area (Å²) in [6, 6.07) is 17.1. The Balaban J connectivity index is 1.68. The molecule has 0 bridgehead atoms. The van der Waals surface area contributed by atoms with Crippen LogP contribution >= 0.6 is 23.2 Å². The van der Waals surface area contributed by atoms with Gasteiger partial charge in [-0.1, -0.05) is 72.8 Å². The maximum atomic E-state index is 14.0. The van der Waals surface area contributed by atoms with Gasteiger partial charge in [0, 0.05) is 17.6 Å². The molecule has 1 fully saturated rings. The number of benzene rings is 3. The minimum absolute atomic E-state index is 0.00983. The molecule has 1 aliphatic rings. The monoisotopic (exact) mass is 619 g/mol. The molecule has 3 aromatic carbocycles. The molecule has 2 amide bonds. The van der Waals surface area contributed by atoms with Gasteiger partial charge in [-0.3, -0.25) is 13.9 Å². The number of halogens is 3. The molecule has 1 aliphatic carbocycles. The molecule has 1 atom stereocenters. The van der Waals surface area contributed by atoms with Crippen molar-refractivity contribution in [2.24, 2.45) is 0 Å². The third-order valence-electron chi connectivity index (χ3n) is 7.16. The van der Waals surface area contributed by atoms with Crippen LogP contribution in [0.5, 0.6) is 0 Å². The largest absolute Gasteiger partial charge is 0.352 e. The number of sulfonamides is 1. The van der Waals surface area contributed by atoms with Crippen LogP contribution in [0, 0.1) is 5.82 Å². The van der Waals surface area contributed by atoms with Gasteiger partial charge in [-0.2, -0.15) is 0 Å². The van der Waals surface area contributed by atoms with Crippen LogP contribution in [0.15, 0.2) is 77.7 Å². The normalized spacial score (nSPS) is 14.7. The SMILES string of the molecule is C[C@H](C(=O)NC1CCCCC1)N(Cc1cccc(Cl)c1)C(=O)CN(c1ccc(F)c(Cl)c1)S(=O)(=O)c1ccccc1. The minimum Gasteiger partial charge on any atom is -0.352 e. The van der Waals surface area contributed by atoms with E-state index in [2.05, 4.69) is 5.32 Å². The van der Waals surface area contributed by atoms with Gasteiger partial charge in [0.05, 0.1) is 15.6 Å². The number of hydrogen-bond acceptors (Lipinski definition) is 4. The van der Waals surface area contributed by atoms with Crippen molar-refractivity contribution >= 4 is 50.7 Å². The molecular weight excluding hydrogens is 588 g/mol. The topological polar surface area (TPSA) is 86.8 Å². The highest BCUT2D eigenvalue weighted by molar-refractivity contribution is 7.92. The number of anilines is 1. The molecule has 0 aliphatic heterocycles. The molecule has 41 heavy (non-hydrogen) atoms. The Bertz CT molecular complexity index is 1480. The highest BCUT2D eigenvalue weighted by Crippen LogP contribution is 2.28. The van der Waals surface area contributed by atoms with Crippen molar-refractivity contribution in [3.63, 3.8) is 0 Å². The molecule has 0 aromatic heterocycles. The summed E-state index contributed by atoms with van der Waals surface area (Å²) in [5, 5.41) is 3.23. The number of carbonyl (C=O) groups excluding carboxylic acids is 2. The Hall–Kier alpha value is -3.14. The lowest BCUT2D eigenvalue weighted by Gasteiger charge is -2.33. The van der Waals surface area contributed by atoms with Gasteiger partial charge in [-0.05, 0) is 67.8 Å². The van der Waals surface area contributed by atoms with Gasteiger partial charge in [0.25, 0.3) is 10.0 Å². The number of nitrogens with zero attached hydrogens (tertiary/aromatic N) is 2. The first kappa shape index (κ1) is 30.8. The second-order valence-corrected chi connectivity index (χ2v) is 12.8. The van der Waals surface area contributed by atoms with E-state index in [1.54, 1.807) is 49.4 Å². The van der Waals surface area contributed by atoms with Gasteiger partial charge in [-0.15, -0.1) is 0 Å². The van der Waals surface area contributed by atoms with E-state index in [0.29, 0.717) is 10.6 Å². The Morgan fingerprint density at radius 1 is 0.976 bits per heavy atom. The fourth-order valence-electron chi connectivity index (χ4n) is 4.87. The molecule has 1 N–H and O–H groups in total. The van der Waals surface area contributed by atoms with Gasteiger partial charge in [0.2, 0.25) is 11.8 Å². The molecule has 0 radical (unpaired) electrons. The molecule has 7 nitrogen and oxygen atoms in total. The van der Waals surface area contributed by atoms with E-state index in [1.807, 2.05) is 0 Å². The number of hydrogen-bond donors (Lipinski definition) is 1. The summed E-state index contributed by atoms with van der Waals surface area (Å²) in [6.07, 6.45) is 4.92. The minimum atomic E-state index is -4.28. The summed E-state index contributed by atoms with van der Waals surface area (Å²) < 4.78 is 42.4. The molecular formula is C30H32Cl2FN3O4S. The second-order valence-electron chi connectivity index (χ2n) is 10.1. The highest BCUT2D eigenvalue weighted by atomic mass is 35.5. The lowest BCUT2D eigenvalue weighted by atomic mass is 9.95. The van der Waals surface area contributed by atoms with Crippen LogP contribution in [0.1, 0.15) is 44.6 Å². The number of amides is 2. The second kappa shape index (κ2) is 13.7. The van der Waals surface area contributed by atoms with Crippen LogP contribution in [-0.2, 0) is 26.2 Å². The Morgan fingerprint density at radius 2 is 1.68 bits per heavy atom. The van der Waals surface area contributed by atoms with Crippen LogP contribution in [0.25, 0.3) is 0 Å². The van der Waals surface area contributed by atoms with Crippen molar-refractivity contribution in [2.75, 3.05) is 10.8 Å². The zero-order valence-electron chi connectivity index (χ0n) is 22.6. The lowest BCUT2D eigenvalue weighted by Crippen LogP contribution is -2.53. The van der Waals surface area contributed by atoms with E-state index < -0.39 is 34.3 Å². The zero-order valence-corrected chi connectivity index (χ0v) is 24.9. The fraction of sp³-hybridized carbons (Fsp3) is 0.333. The molecule has 11 heteroatoms. The quantitative estimate of drug-likeness (QED) is 0.293. The van der Waals surface area contributed by atoms with E-state index >= 15 is 0 Å². The van der Waals surface area contributed by atoms with Crippen LogP contribution in [0.3, 0.4) is 0 Å². The first-order valence-corrected chi connectivity index (χ1v) is 15.6. The maximum Gasteiger partial charge on any atom is 0.264 e. The summed E-state index contributed by atoms with van der Waals surface area (Å²) in [4.78, 5) is 28.6. The maximum absolute atomic E-state index is 14.0. The van der Waals surface area contributed by atoms with Crippen molar-refractivity contribution in [1.29, 1.82) is 0 Å². The summed E-state index contributed by atoms with van der Waals surface area (Å²) in [5.41, 5.74) is 0.682. The summed E-state index contributed by atoms with van der Waals surface area (Å²) in [6.45, 7) is 0.980. The van der Waals surface area contributed by atoms with Crippen molar-refractivity contribution in [1.82, 2.24) is 10.2 Å². The zero-order chi connectivity index (χ0) is 29.6. The van der Waals surface area contributed by atoms with Crippen molar-refractivity contribution in [3.8, 4) is 0 Å². The van der Waals surface area contributed by atoms with Crippen LogP contribution in [0.4, 0.5) is 10.1 Å². The van der Waals surface area contributed by atoms with Gasteiger partial charge >= 0.3 is 0 Å². The number of nitrogens with one attached hydrogen (secondary N) is 1. The predicted molar refractivity (Wildman–Crippen MR) is 159 cm³/mol. The van der Waals surface area contributed by atoms with Crippen molar-refractivity contribution in [2.45, 2.75) is 62.6 Å². The third-order valence-corrected chi connectivity index (χ3v) is 9.47. The van der Waals surface area contributed by atoms with E-state index in [0.717, 1.165) is 48.5 Å². The van der Waals surface area contributed by atoms with Crippen molar-refractivity contribution < 1.29 is 22.4 Å². The Labute approximate surface area is 250 Å². The predicted octanol–water partition coefficient (Wildman–Crippen LogP) is 6.19. The van der Waals surface area contributed by atoms with E-state index in [4.69, 9.17) is 23.2 Å². The molecule has 4 rings (SSSR count). The van der Waals surface area contributed by atoms with Crippen LogP contribution < -0.4 is 9.62 Å². The van der Waals surface area contributed by atoms with Gasteiger partial charge in [0.1, 0.15) is 18.4 Å². The Morgan fingerprint density at radius 3 is 2.34 bits per heavy atom. The molecule has 1 saturated carbocycles. The fourth-order valence-corrected chi connectivity index (χ4v) is 6.69. The number of carbonyl (C=O) groups is 2. The Kier molecular flexibility index (Phi) is 10.3. The highest BCUT2D eigenvalue weighted by Gasteiger charge is 2.33. The van der Waals surface area contributed by atoms with E-state index in [-0.39, 0.29) is 34.1 Å². The molecule has 3 aromatic rings. The summed E-state index contributed by atoms with van der Waals surface area (Å²) in [7, 11) is -4.28. The van der Waals surface area contributed by atoms with Gasteiger partial charge in [-0.25, -0.2) is 12.8 Å². The standard InChI is InChI=1S/C30H32Cl2FN3O4S/c1-21(30(38)34-24-11-4-2-5-12-24)35(19-22-9-8-10-23(31)17-22)29(37)20-36(25-15-16-28(33)27(32)18-25)41(39,40)26-13-6-3-7-14-26/h3,6-10,13-18,21,24H,2,4-5,11-12,19-20H2,1H3,(H,34,38)/t21-/m1/s1. The van der Waals surface area contributed by atoms with Gasteiger partial charge in [0.15, 0.2) is 0 Å². The molecule has 0 spiro atoms. The first-order chi connectivity index (χ1) is 19.6. The molecule has 0 heterocycles. The van der Waals surface area contributed by atoms with E-state index in [9.17, 15) is 22.4 Å². The van der Waals surface area contributed by atoms with E-state index in [1.165, 1.54) is 23.1 Å². The lowest BCUT2D eigenvalue weighted by molar-refractivity contribution is -0.139. The summed E-state index contributed by atoms with van der Waals surface area (Å²) in [5.74, 6) is -1.68. The molecule has 0 unspecified atom stereocenters. The smallest absolute Gasteiger partial charge is 0.264 e. The molecule has 0 saturated heterocycles. The van der Waals surface area contributed by atoms with Gasteiger partial charge < -0.3 is 10.2 Å². The van der Waals surface area contributed by atoms with Crippen LogP contribution in [-0.4, -0.2) is 43.8 Å². The average molecular weight is 621 g/mol. The van der Waals surface area contributed by atoms with Crippen LogP contribution in [0.2, 0.25) is 10.0 Å². The molecule has 218 valence electrons. The summed E-state index contributed by atoms with van der Waals surface area (Å²) >= 11 is 12.2. The first-order valence-electron chi connectivity index (χ1n) is 13.4.